The standard InChI is InChI=1S/C28H24N4O2/c1-20-8-10-21(11-9-20)19-34-26-14-12-22(13-15-26)27-24(16-23(17-29)28(33)30-2)18-32(31-27)25-6-4-3-5-7-25/h3-16,18H,19H2,1-2H3,(H,30,33). The third-order valence-corrected chi connectivity index (χ3v) is 5.31. The maximum atomic E-state index is 12.1. The summed E-state index contributed by atoms with van der Waals surface area (Å²) >= 11 is 0. The molecular weight excluding hydrogens is 424 g/mol. The van der Waals surface area contributed by atoms with Crippen LogP contribution >= 0.6 is 0 Å². The summed E-state index contributed by atoms with van der Waals surface area (Å²) in [7, 11) is 1.50. The Bertz CT molecular complexity index is 1350. The summed E-state index contributed by atoms with van der Waals surface area (Å²) in [5, 5.41) is 16.7. The molecule has 0 atom stereocenters. The lowest BCUT2D eigenvalue weighted by atomic mass is 10.1. The van der Waals surface area contributed by atoms with Gasteiger partial charge in [0, 0.05) is 24.4 Å². The van der Waals surface area contributed by atoms with Gasteiger partial charge < -0.3 is 10.1 Å². The fourth-order valence-electron chi connectivity index (χ4n) is 3.43. The molecule has 0 spiro atoms. The molecule has 0 fully saturated rings. The summed E-state index contributed by atoms with van der Waals surface area (Å²) in [6, 6.07) is 27.5. The highest BCUT2D eigenvalue weighted by Gasteiger charge is 2.14. The highest BCUT2D eigenvalue weighted by molar-refractivity contribution is 6.02. The van der Waals surface area contributed by atoms with Crippen molar-refractivity contribution >= 4 is 12.0 Å². The van der Waals surface area contributed by atoms with Crippen LogP contribution in [-0.2, 0) is 11.4 Å². The van der Waals surface area contributed by atoms with Crippen molar-refractivity contribution in [2.24, 2.45) is 0 Å². The molecule has 0 unspecified atom stereocenters. The number of aromatic nitrogens is 2. The molecule has 1 N–H and O–H groups in total. The number of para-hydroxylation sites is 1. The molecule has 0 aliphatic carbocycles. The molecule has 0 radical (unpaired) electrons. The second kappa shape index (κ2) is 10.3. The molecule has 34 heavy (non-hydrogen) atoms. The minimum atomic E-state index is -0.444. The van der Waals surface area contributed by atoms with E-state index >= 15 is 0 Å². The Morgan fingerprint density at radius 3 is 2.41 bits per heavy atom. The summed E-state index contributed by atoms with van der Waals surface area (Å²) in [4.78, 5) is 12.1. The molecule has 0 saturated heterocycles. The number of ether oxygens (including phenoxy) is 1. The molecule has 0 saturated carbocycles. The fraction of sp³-hybridized carbons (Fsp3) is 0.107. The molecule has 1 heterocycles. The predicted molar refractivity (Wildman–Crippen MR) is 132 cm³/mol. The third-order valence-electron chi connectivity index (χ3n) is 5.31. The van der Waals surface area contributed by atoms with Crippen molar-refractivity contribution in [1.82, 2.24) is 15.1 Å². The normalized spacial score (nSPS) is 11.0. The minimum absolute atomic E-state index is 0.00872. The Kier molecular flexibility index (Phi) is 6.85. The number of nitrogens with zero attached hydrogens (tertiary/aromatic N) is 3. The van der Waals surface area contributed by atoms with E-state index in [2.05, 4.69) is 36.5 Å². The molecule has 6 heteroatoms. The first-order valence-corrected chi connectivity index (χ1v) is 10.8. The summed E-state index contributed by atoms with van der Waals surface area (Å²) in [6.07, 6.45) is 3.37. The Balaban J connectivity index is 1.64. The van der Waals surface area contributed by atoms with E-state index in [9.17, 15) is 10.1 Å². The van der Waals surface area contributed by atoms with Gasteiger partial charge in [0.25, 0.3) is 5.91 Å². The number of likely N-dealkylation sites (N-methyl/N-ethyl adjacent to an activating group) is 1. The van der Waals surface area contributed by atoms with Crippen LogP contribution in [0.15, 0.2) is 90.6 Å². The van der Waals surface area contributed by atoms with Crippen LogP contribution in [0.3, 0.4) is 0 Å². The van der Waals surface area contributed by atoms with Gasteiger partial charge in [-0.1, -0.05) is 48.0 Å². The van der Waals surface area contributed by atoms with Crippen molar-refractivity contribution in [3.63, 3.8) is 0 Å². The third kappa shape index (κ3) is 5.22. The molecule has 6 nitrogen and oxygen atoms in total. The van der Waals surface area contributed by atoms with Gasteiger partial charge in [0.2, 0.25) is 0 Å². The van der Waals surface area contributed by atoms with Gasteiger partial charge >= 0.3 is 0 Å². The zero-order valence-electron chi connectivity index (χ0n) is 19.0. The van der Waals surface area contributed by atoms with Crippen molar-refractivity contribution in [3.05, 3.63) is 107 Å². The largest absolute Gasteiger partial charge is 0.489 e. The van der Waals surface area contributed by atoms with Crippen LogP contribution < -0.4 is 10.1 Å². The minimum Gasteiger partial charge on any atom is -0.489 e. The number of rotatable bonds is 7. The first-order chi connectivity index (χ1) is 16.6. The van der Waals surface area contributed by atoms with Crippen molar-refractivity contribution in [2.75, 3.05) is 7.05 Å². The number of carbonyl (C=O) groups excluding carboxylic acids is 1. The van der Waals surface area contributed by atoms with E-state index in [1.165, 1.54) is 12.6 Å². The van der Waals surface area contributed by atoms with Crippen LogP contribution in [0.1, 0.15) is 16.7 Å². The van der Waals surface area contributed by atoms with Gasteiger partial charge in [-0.05, 0) is 55.0 Å². The summed E-state index contributed by atoms with van der Waals surface area (Å²) in [5.74, 6) is 0.299. The van der Waals surface area contributed by atoms with E-state index in [0.29, 0.717) is 17.9 Å². The van der Waals surface area contributed by atoms with Crippen molar-refractivity contribution < 1.29 is 9.53 Å². The average molecular weight is 449 g/mol. The van der Waals surface area contributed by atoms with E-state index in [4.69, 9.17) is 9.84 Å². The first kappa shape index (κ1) is 22.6. The van der Waals surface area contributed by atoms with Crippen molar-refractivity contribution in [3.8, 4) is 28.8 Å². The maximum Gasteiger partial charge on any atom is 0.261 e. The van der Waals surface area contributed by atoms with E-state index in [0.717, 1.165) is 22.6 Å². The zero-order valence-corrected chi connectivity index (χ0v) is 19.0. The monoisotopic (exact) mass is 448 g/mol. The molecule has 0 aliphatic rings. The highest BCUT2D eigenvalue weighted by Crippen LogP contribution is 2.28. The first-order valence-electron chi connectivity index (χ1n) is 10.8. The zero-order chi connectivity index (χ0) is 23.9. The van der Waals surface area contributed by atoms with Crippen LogP contribution in [0, 0.1) is 18.3 Å². The number of amides is 1. The molecule has 168 valence electrons. The highest BCUT2D eigenvalue weighted by atomic mass is 16.5. The summed E-state index contributed by atoms with van der Waals surface area (Å²) in [6.45, 7) is 2.54. The smallest absolute Gasteiger partial charge is 0.261 e. The number of nitriles is 1. The van der Waals surface area contributed by atoms with E-state index in [1.807, 2.05) is 66.9 Å². The van der Waals surface area contributed by atoms with E-state index in [1.54, 1.807) is 10.8 Å². The number of aryl methyl sites for hydroxylation is 1. The molecular formula is C28H24N4O2. The van der Waals surface area contributed by atoms with Gasteiger partial charge in [-0.25, -0.2) is 4.68 Å². The second-order valence-electron chi connectivity index (χ2n) is 7.76. The molecule has 4 rings (SSSR count). The number of hydrogen-bond acceptors (Lipinski definition) is 4. The van der Waals surface area contributed by atoms with Crippen LogP contribution in [0.25, 0.3) is 23.0 Å². The fourth-order valence-corrected chi connectivity index (χ4v) is 3.43. The number of carbonyl (C=O) groups is 1. The summed E-state index contributed by atoms with van der Waals surface area (Å²) < 4.78 is 7.66. The number of hydrogen-bond donors (Lipinski definition) is 1. The topological polar surface area (TPSA) is 79.9 Å². The Morgan fingerprint density at radius 2 is 1.76 bits per heavy atom. The maximum absolute atomic E-state index is 12.1. The predicted octanol–water partition coefficient (Wildman–Crippen LogP) is 5.08. The lowest BCUT2D eigenvalue weighted by Crippen LogP contribution is -2.19. The Morgan fingerprint density at radius 1 is 1.06 bits per heavy atom. The summed E-state index contributed by atoms with van der Waals surface area (Å²) in [5.41, 5.74) is 5.36. The van der Waals surface area contributed by atoms with Gasteiger partial charge in [-0.2, -0.15) is 10.4 Å². The molecule has 0 bridgehead atoms. The van der Waals surface area contributed by atoms with E-state index in [-0.39, 0.29) is 5.57 Å². The number of nitrogens with one attached hydrogen (secondary N) is 1. The van der Waals surface area contributed by atoms with Crippen LogP contribution in [0.2, 0.25) is 0 Å². The van der Waals surface area contributed by atoms with Gasteiger partial charge in [0.15, 0.2) is 0 Å². The lowest BCUT2D eigenvalue weighted by Gasteiger charge is -2.08. The van der Waals surface area contributed by atoms with Crippen molar-refractivity contribution in [2.45, 2.75) is 13.5 Å². The van der Waals surface area contributed by atoms with Gasteiger partial charge in [-0.3, -0.25) is 4.79 Å². The van der Waals surface area contributed by atoms with E-state index < -0.39 is 5.91 Å². The molecule has 4 aromatic rings. The second-order valence-corrected chi connectivity index (χ2v) is 7.76. The SMILES string of the molecule is CNC(=O)C(C#N)=Cc1cn(-c2ccccc2)nc1-c1ccc(OCc2ccc(C)cc2)cc1. The van der Waals surface area contributed by atoms with Crippen molar-refractivity contribution in [1.29, 1.82) is 5.26 Å². The van der Waals surface area contributed by atoms with Crippen LogP contribution in [-0.4, -0.2) is 22.7 Å². The molecule has 3 aromatic carbocycles. The Labute approximate surface area is 198 Å². The quantitative estimate of drug-likeness (QED) is 0.316. The Hall–Kier alpha value is -4.63. The number of benzene rings is 3. The molecule has 1 amide bonds. The van der Waals surface area contributed by atoms with Gasteiger partial charge in [0.1, 0.15) is 24.0 Å². The molecule has 0 aliphatic heterocycles. The van der Waals surface area contributed by atoms with Gasteiger partial charge in [0.05, 0.1) is 11.4 Å². The average Bonchev–Trinajstić information content (AvgIpc) is 3.31. The van der Waals surface area contributed by atoms with Crippen LogP contribution in [0.4, 0.5) is 0 Å². The van der Waals surface area contributed by atoms with Crippen LogP contribution in [0.5, 0.6) is 5.75 Å². The molecule has 1 aromatic heterocycles. The lowest BCUT2D eigenvalue weighted by molar-refractivity contribution is -0.116. The van der Waals surface area contributed by atoms with Gasteiger partial charge in [-0.15, -0.1) is 0 Å².